The number of nitrogens with one attached hydrogen (secondary N) is 1. The Balaban J connectivity index is 1.43. The standard InChI is InChI=1S/C28H22N4O5/c1-17(19-5-3-2-4-6-19)36-28(35)32-24-15-31-37-27(24)22-12-11-21(26-23(22)14-29-16-30-26)20-9-7-18(8-10-20)13-25(33)34/h2-12,14-17H,13H2,1H3,(H,32,35)(H,33,34). The third-order valence-corrected chi connectivity index (χ3v) is 5.90. The van der Waals surface area contributed by atoms with Gasteiger partial charge in [0.05, 0.1) is 18.1 Å². The Morgan fingerprint density at radius 1 is 1.00 bits per heavy atom. The summed E-state index contributed by atoms with van der Waals surface area (Å²) in [6.07, 6.45) is 3.40. The minimum Gasteiger partial charge on any atom is -0.481 e. The SMILES string of the molecule is CC(OC(=O)Nc1cnoc1-c1ccc(-c2ccc(CC(=O)O)cc2)c2ncncc12)c1ccccc1. The second-order valence-corrected chi connectivity index (χ2v) is 8.36. The van der Waals surface area contributed by atoms with Crippen molar-refractivity contribution in [1.29, 1.82) is 0 Å². The summed E-state index contributed by atoms with van der Waals surface area (Å²) in [7, 11) is 0. The molecular formula is C28H22N4O5. The van der Waals surface area contributed by atoms with Crippen LogP contribution in [0, 0.1) is 0 Å². The monoisotopic (exact) mass is 494 g/mol. The normalized spacial score (nSPS) is 11.7. The number of hydrogen-bond acceptors (Lipinski definition) is 7. The lowest BCUT2D eigenvalue weighted by Crippen LogP contribution is -2.16. The first-order valence-electron chi connectivity index (χ1n) is 11.5. The van der Waals surface area contributed by atoms with Crippen molar-refractivity contribution in [1.82, 2.24) is 15.1 Å². The number of nitrogens with zero attached hydrogens (tertiary/aromatic N) is 3. The van der Waals surface area contributed by atoms with E-state index in [0.29, 0.717) is 33.5 Å². The second-order valence-electron chi connectivity index (χ2n) is 8.36. The van der Waals surface area contributed by atoms with Crippen LogP contribution in [0.2, 0.25) is 0 Å². The van der Waals surface area contributed by atoms with Gasteiger partial charge in [0.2, 0.25) is 0 Å². The summed E-state index contributed by atoms with van der Waals surface area (Å²) in [6, 6.07) is 20.4. The van der Waals surface area contributed by atoms with Crippen molar-refractivity contribution in [2.45, 2.75) is 19.4 Å². The van der Waals surface area contributed by atoms with Crippen molar-refractivity contribution < 1.29 is 24.0 Å². The summed E-state index contributed by atoms with van der Waals surface area (Å²) in [5.74, 6) is -0.544. The predicted molar refractivity (Wildman–Crippen MR) is 137 cm³/mol. The fourth-order valence-corrected chi connectivity index (χ4v) is 4.10. The van der Waals surface area contributed by atoms with E-state index in [1.807, 2.05) is 54.6 Å². The molecule has 3 aromatic carbocycles. The summed E-state index contributed by atoms with van der Waals surface area (Å²) in [4.78, 5) is 32.3. The van der Waals surface area contributed by atoms with Crippen molar-refractivity contribution in [2.75, 3.05) is 5.32 Å². The topological polar surface area (TPSA) is 127 Å². The largest absolute Gasteiger partial charge is 0.481 e. The van der Waals surface area contributed by atoms with E-state index in [0.717, 1.165) is 16.7 Å². The van der Waals surface area contributed by atoms with Crippen LogP contribution in [0.3, 0.4) is 0 Å². The minimum atomic E-state index is -0.884. The summed E-state index contributed by atoms with van der Waals surface area (Å²) in [5.41, 5.74) is 4.95. The Labute approximate surface area is 211 Å². The van der Waals surface area contributed by atoms with Gasteiger partial charge in [-0.3, -0.25) is 10.1 Å². The number of anilines is 1. The molecule has 2 aromatic heterocycles. The van der Waals surface area contributed by atoms with Crippen LogP contribution in [0.4, 0.5) is 10.5 Å². The smallest absolute Gasteiger partial charge is 0.412 e. The minimum absolute atomic E-state index is 0.0457. The zero-order chi connectivity index (χ0) is 25.8. The van der Waals surface area contributed by atoms with Gasteiger partial charge in [-0.1, -0.05) is 65.8 Å². The van der Waals surface area contributed by atoms with Crippen LogP contribution in [0.25, 0.3) is 33.4 Å². The predicted octanol–water partition coefficient (Wildman–Crippen LogP) is 5.89. The molecule has 5 rings (SSSR count). The number of fused-ring (bicyclic) bond motifs is 1. The van der Waals surface area contributed by atoms with E-state index in [9.17, 15) is 9.59 Å². The lowest BCUT2D eigenvalue weighted by atomic mass is 9.97. The van der Waals surface area contributed by atoms with E-state index >= 15 is 0 Å². The molecule has 0 saturated heterocycles. The number of carboxylic acids is 1. The number of ether oxygens (including phenoxy) is 1. The molecule has 0 fully saturated rings. The van der Waals surface area contributed by atoms with Crippen LogP contribution in [0.1, 0.15) is 24.2 Å². The van der Waals surface area contributed by atoms with Gasteiger partial charge < -0.3 is 14.4 Å². The summed E-state index contributed by atoms with van der Waals surface area (Å²) in [6.45, 7) is 1.79. The van der Waals surface area contributed by atoms with Crippen molar-refractivity contribution in [2.24, 2.45) is 0 Å². The number of rotatable bonds is 7. The molecule has 0 radical (unpaired) electrons. The molecule has 0 aliphatic carbocycles. The molecule has 37 heavy (non-hydrogen) atoms. The molecule has 184 valence electrons. The van der Waals surface area contributed by atoms with Gasteiger partial charge in [0.1, 0.15) is 18.1 Å². The van der Waals surface area contributed by atoms with Gasteiger partial charge >= 0.3 is 12.1 Å². The van der Waals surface area contributed by atoms with Crippen LogP contribution < -0.4 is 5.32 Å². The van der Waals surface area contributed by atoms with Crippen LogP contribution in [0.5, 0.6) is 0 Å². The van der Waals surface area contributed by atoms with Gasteiger partial charge in [-0.25, -0.2) is 14.8 Å². The van der Waals surface area contributed by atoms with E-state index in [-0.39, 0.29) is 6.42 Å². The lowest BCUT2D eigenvalue weighted by Gasteiger charge is -2.14. The van der Waals surface area contributed by atoms with Crippen LogP contribution in [0.15, 0.2) is 90.0 Å². The Hall–Kier alpha value is -5.05. The second kappa shape index (κ2) is 10.3. The molecule has 0 bridgehead atoms. The molecule has 0 aliphatic rings. The van der Waals surface area contributed by atoms with Crippen molar-refractivity contribution in [3.05, 3.63) is 96.6 Å². The average molecular weight is 495 g/mol. The fourth-order valence-electron chi connectivity index (χ4n) is 4.10. The fraction of sp³-hybridized carbons (Fsp3) is 0.107. The van der Waals surface area contributed by atoms with E-state index in [2.05, 4.69) is 20.4 Å². The Morgan fingerprint density at radius 2 is 1.76 bits per heavy atom. The molecular weight excluding hydrogens is 472 g/mol. The molecule has 5 aromatic rings. The molecule has 0 aliphatic heterocycles. The van der Waals surface area contributed by atoms with Gasteiger partial charge in [0, 0.05) is 22.7 Å². The Bertz CT molecular complexity index is 1570. The van der Waals surface area contributed by atoms with Crippen LogP contribution in [-0.2, 0) is 16.0 Å². The highest BCUT2D eigenvalue weighted by Crippen LogP contribution is 2.37. The first-order chi connectivity index (χ1) is 18.0. The number of aromatic nitrogens is 3. The highest BCUT2D eigenvalue weighted by atomic mass is 16.6. The summed E-state index contributed by atoms with van der Waals surface area (Å²) >= 11 is 0. The molecule has 1 unspecified atom stereocenters. The van der Waals surface area contributed by atoms with Crippen molar-refractivity contribution in [3.63, 3.8) is 0 Å². The highest BCUT2D eigenvalue weighted by Gasteiger charge is 2.20. The zero-order valence-corrected chi connectivity index (χ0v) is 19.8. The van der Waals surface area contributed by atoms with Gasteiger partial charge in [0.15, 0.2) is 5.76 Å². The first-order valence-corrected chi connectivity index (χ1v) is 11.5. The number of benzene rings is 3. The third-order valence-electron chi connectivity index (χ3n) is 5.90. The Morgan fingerprint density at radius 3 is 2.51 bits per heavy atom. The van der Waals surface area contributed by atoms with E-state index in [1.165, 1.54) is 12.5 Å². The summed E-state index contributed by atoms with van der Waals surface area (Å²) in [5, 5.41) is 16.3. The number of amides is 1. The van der Waals surface area contributed by atoms with Gasteiger partial charge in [0.25, 0.3) is 0 Å². The number of carbonyl (C=O) groups excluding carboxylic acids is 1. The lowest BCUT2D eigenvalue weighted by molar-refractivity contribution is -0.136. The average Bonchev–Trinajstić information content (AvgIpc) is 3.36. The van der Waals surface area contributed by atoms with E-state index in [1.54, 1.807) is 25.3 Å². The number of hydrogen-bond donors (Lipinski definition) is 2. The number of carbonyl (C=O) groups is 2. The van der Waals surface area contributed by atoms with Crippen molar-refractivity contribution in [3.8, 4) is 22.5 Å². The van der Waals surface area contributed by atoms with Gasteiger partial charge in [-0.15, -0.1) is 0 Å². The highest BCUT2D eigenvalue weighted by molar-refractivity contribution is 6.04. The molecule has 0 spiro atoms. The molecule has 2 N–H and O–H groups in total. The van der Waals surface area contributed by atoms with E-state index in [4.69, 9.17) is 14.4 Å². The molecule has 9 heteroatoms. The molecule has 1 amide bonds. The van der Waals surface area contributed by atoms with Crippen LogP contribution >= 0.6 is 0 Å². The van der Waals surface area contributed by atoms with E-state index < -0.39 is 18.2 Å². The number of aliphatic carboxylic acids is 1. The molecule has 2 heterocycles. The quantitative estimate of drug-likeness (QED) is 0.287. The summed E-state index contributed by atoms with van der Waals surface area (Å²) < 4.78 is 11.0. The van der Waals surface area contributed by atoms with Crippen LogP contribution in [-0.4, -0.2) is 32.3 Å². The Kier molecular flexibility index (Phi) is 6.58. The van der Waals surface area contributed by atoms with Crippen molar-refractivity contribution >= 4 is 28.7 Å². The molecule has 0 saturated carbocycles. The first kappa shape index (κ1) is 23.7. The zero-order valence-electron chi connectivity index (χ0n) is 19.8. The number of carboxylic acid groups (broad SMARTS) is 1. The van der Waals surface area contributed by atoms with Gasteiger partial charge in [-0.2, -0.15) is 0 Å². The maximum Gasteiger partial charge on any atom is 0.412 e. The third kappa shape index (κ3) is 5.15. The van der Waals surface area contributed by atoms with Gasteiger partial charge in [-0.05, 0) is 29.7 Å². The maximum atomic E-state index is 12.6. The molecule has 9 nitrogen and oxygen atoms in total. The maximum absolute atomic E-state index is 12.6. The molecule has 1 atom stereocenters.